The molecule has 6 rings (SSSR count). The molecule has 0 fully saturated rings. The normalized spacial score (nSPS) is 18.8. The lowest BCUT2D eigenvalue weighted by atomic mass is 9.97. The van der Waals surface area contributed by atoms with Crippen LogP contribution in [-0.2, 0) is 4.57 Å². The molecule has 2 bridgehead atoms. The molecule has 1 aromatic heterocycles. The van der Waals surface area contributed by atoms with E-state index >= 15 is 0 Å². The SMILES string of the molecule is CCN1C(=O)c2cccc(OC(F)F)c2[C@H]2CC1c1nc3ccc(-c4ccc(P(C)(C)=O)cc4)cc3n12. The molecule has 0 N–H and O–H groups in total. The largest absolute Gasteiger partial charge is 0.434 e. The molecule has 4 aromatic rings. The first kappa shape index (κ1) is 23.9. The van der Waals surface area contributed by atoms with E-state index in [0.29, 0.717) is 24.1 Å². The number of hydrogen-bond acceptors (Lipinski definition) is 4. The van der Waals surface area contributed by atoms with Gasteiger partial charge in [-0.1, -0.05) is 36.4 Å². The maximum atomic E-state index is 13.5. The first-order valence-electron chi connectivity index (χ1n) is 12.2. The number of carbonyl (C=O) groups is 1. The van der Waals surface area contributed by atoms with Gasteiger partial charge in [-0.25, -0.2) is 4.98 Å². The minimum Gasteiger partial charge on any atom is -0.434 e. The first-order valence-corrected chi connectivity index (χ1v) is 14.8. The van der Waals surface area contributed by atoms with E-state index in [9.17, 15) is 18.1 Å². The standard InChI is InChI=1S/C28H26F2N3O3P/c1-4-32-23-15-22(25-19(27(32)34)6-5-7-24(25)36-28(29)30)33-21-14-17(10-13-20(21)31-26(23)33)16-8-11-18(12-9-16)37(2,3)35/h5-14,22-23,28H,4,15H2,1-3H3/t22-,23?/m1/s1. The molecule has 0 spiro atoms. The van der Waals surface area contributed by atoms with E-state index in [2.05, 4.69) is 4.57 Å². The van der Waals surface area contributed by atoms with Gasteiger partial charge in [-0.3, -0.25) is 4.79 Å². The third-order valence-electron chi connectivity index (χ3n) is 7.42. The first-order chi connectivity index (χ1) is 17.7. The number of fused-ring (bicyclic) bond motifs is 9. The minimum atomic E-state index is -3.00. The van der Waals surface area contributed by atoms with Gasteiger partial charge >= 0.3 is 6.61 Å². The summed E-state index contributed by atoms with van der Waals surface area (Å²) in [6, 6.07) is 17.8. The highest BCUT2D eigenvalue weighted by Gasteiger charge is 2.45. The number of imidazole rings is 1. The highest BCUT2D eigenvalue weighted by Crippen LogP contribution is 2.50. The third kappa shape index (κ3) is 3.77. The average Bonchev–Trinajstić information content (AvgIpc) is 3.37. The fourth-order valence-corrected chi connectivity index (χ4v) is 6.60. The van der Waals surface area contributed by atoms with Crippen molar-refractivity contribution in [3.63, 3.8) is 0 Å². The molecule has 0 saturated carbocycles. The molecule has 2 atom stereocenters. The average molecular weight is 522 g/mol. The van der Waals surface area contributed by atoms with Crippen LogP contribution in [0.2, 0.25) is 0 Å². The van der Waals surface area contributed by atoms with E-state index in [0.717, 1.165) is 33.3 Å². The van der Waals surface area contributed by atoms with Crippen LogP contribution >= 0.6 is 7.14 Å². The van der Waals surface area contributed by atoms with Crippen molar-refractivity contribution >= 4 is 29.4 Å². The van der Waals surface area contributed by atoms with Crippen molar-refractivity contribution in [3.05, 3.63) is 77.6 Å². The summed E-state index contributed by atoms with van der Waals surface area (Å²) < 4.78 is 46.1. The summed E-state index contributed by atoms with van der Waals surface area (Å²) >= 11 is 0. The summed E-state index contributed by atoms with van der Waals surface area (Å²) in [7, 11) is -2.36. The predicted octanol–water partition coefficient (Wildman–Crippen LogP) is 6.06. The van der Waals surface area contributed by atoms with Crippen LogP contribution in [0.25, 0.3) is 22.2 Å². The van der Waals surface area contributed by atoms with E-state index < -0.39 is 13.8 Å². The van der Waals surface area contributed by atoms with Crippen LogP contribution in [0.15, 0.2) is 60.7 Å². The lowest BCUT2D eigenvalue weighted by Crippen LogP contribution is -2.34. The number of nitrogens with zero attached hydrogens (tertiary/aromatic N) is 3. The summed E-state index contributed by atoms with van der Waals surface area (Å²) in [5, 5.41) is 0.820. The van der Waals surface area contributed by atoms with E-state index in [1.807, 2.05) is 49.4 Å². The van der Waals surface area contributed by atoms with Crippen LogP contribution in [0, 0.1) is 0 Å². The Balaban J connectivity index is 1.54. The lowest BCUT2D eigenvalue weighted by Gasteiger charge is -2.27. The van der Waals surface area contributed by atoms with Crippen molar-refractivity contribution < 1.29 is 22.9 Å². The van der Waals surface area contributed by atoms with Gasteiger partial charge in [0.15, 0.2) is 0 Å². The molecule has 0 saturated heterocycles. The molecule has 0 aliphatic carbocycles. The van der Waals surface area contributed by atoms with Gasteiger partial charge in [0.05, 0.1) is 23.1 Å². The van der Waals surface area contributed by atoms with E-state index in [1.165, 1.54) is 6.07 Å². The van der Waals surface area contributed by atoms with Crippen molar-refractivity contribution in [2.24, 2.45) is 0 Å². The van der Waals surface area contributed by atoms with Crippen molar-refractivity contribution in [2.45, 2.75) is 32.0 Å². The lowest BCUT2D eigenvalue weighted by molar-refractivity contribution is -0.0507. The van der Waals surface area contributed by atoms with Gasteiger partial charge in [0.25, 0.3) is 5.91 Å². The second-order valence-corrected chi connectivity index (χ2v) is 13.1. The zero-order chi connectivity index (χ0) is 26.1. The zero-order valence-electron chi connectivity index (χ0n) is 20.7. The van der Waals surface area contributed by atoms with Gasteiger partial charge in [0.1, 0.15) is 18.7 Å². The molecule has 190 valence electrons. The molecular weight excluding hydrogens is 495 g/mol. The fraction of sp³-hybridized carbons (Fsp3) is 0.286. The summed E-state index contributed by atoms with van der Waals surface area (Å²) in [4.78, 5) is 20.1. The molecule has 6 nitrogen and oxygen atoms in total. The van der Waals surface area contributed by atoms with Crippen molar-refractivity contribution in [1.82, 2.24) is 14.5 Å². The van der Waals surface area contributed by atoms with E-state index in [-0.39, 0.29) is 23.7 Å². The molecule has 1 unspecified atom stereocenters. The Bertz CT molecular complexity index is 1590. The second kappa shape index (κ2) is 8.52. The van der Waals surface area contributed by atoms with Gasteiger partial charge in [-0.15, -0.1) is 0 Å². The molecule has 9 heteroatoms. The van der Waals surface area contributed by atoms with Gasteiger partial charge in [-0.05, 0) is 55.6 Å². The highest BCUT2D eigenvalue weighted by molar-refractivity contribution is 7.70. The molecular formula is C28H26F2N3O3P. The third-order valence-corrected chi connectivity index (χ3v) is 8.96. The molecule has 3 aromatic carbocycles. The Morgan fingerprint density at radius 3 is 2.46 bits per heavy atom. The quantitative estimate of drug-likeness (QED) is 0.300. The topological polar surface area (TPSA) is 64.4 Å². The van der Waals surface area contributed by atoms with E-state index in [4.69, 9.17) is 9.72 Å². The van der Waals surface area contributed by atoms with E-state index in [1.54, 1.807) is 30.4 Å². The Labute approximate surface area is 213 Å². The molecule has 3 heterocycles. The number of amides is 1. The molecule has 0 radical (unpaired) electrons. The van der Waals surface area contributed by atoms with Gasteiger partial charge < -0.3 is 18.8 Å². The summed E-state index contributed by atoms with van der Waals surface area (Å²) in [6.07, 6.45) is 0.537. The zero-order valence-corrected chi connectivity index (χ0v) is 21.6. The van der Waals surface area contributed by atoms with Crippen LogP contribution < -0.4 is 10.0 Å². The van der Waals surface area contributed by atoms with Crippen LogP contribution in [0.1, 0.15) is 47.2 Å². The van der Waals surface area contributed by atoms with Crippen molar-refractivity contribution in [2.75, 3.05) is 19.9 Å². The monoisotopic (exact) mass is 521 g/mol. The Morgan fingerprint density at radius 1 is 1.05 bits per heavy atom. The molecule has 2 aliphatic rings. The van der Waals surface area contributed by atoms with Crippen molar-refractivity contribution in [3.8, 4) is 16.9 Å². The highest BCUT2D eigenvalue weighted by atomic mass is 31.2. The number of alkyl halides is 2. The fourth-order valence-electron chi connectivity index (χ4n) is 5.74. The molecule has 37 heavy (non-hydrogen) atoms. The Hall–Kier alpha value is -3.51. The molecule has 1 amide bonds. The maximum Gasteiger partial charge on any atom is 0.387 e. The summed E-state index contributed by atoms with van der Waals surface area (Å²) in [6.45, 7) is 2.88. The summed E-state index contributed by atoms with van der Waals surface area (Å²) in [5.41, 5.74) is 4.43. The second-order valence-electron chi connectivity index (χ2n) is 9.90. The maximum absolute atomic E-state index is 13.5. The number of ether oxygens (including phenoxy) is 1. The van der Waals surface area contributed by atoms with Crippen LogP contribution in [0.5, 0.6) is 5.75 Å². The summed E-state index contributed by atoms with van der Waals surface area (Å²) in [5.74, 6) is 0.568. The number of carbonyl (C=O) groups excluding carboxylic acids is 1. The number of benzene rings is 3. The Morgan fingerprint density at radius 2 is 1.78 bits per heavy atom. The van der Waals surface area contributed by atoms with Crippen molar-refractivity contribution in [1.29, 1.82) is 0 Å². The smallest absolute Gasteiger partial charge is 0.387 e. The number of aromatic nitrogens is 2. The Kier molecular flexibility index (Phi) is 5.50. The number of rotatable bonds is 5. The number of hydrogen-bond donors (Lipinski definition) is 0. The van der Waals surface area contributed by atoms with Gasteiger partial charge in [0.2, 0.25) is 0 Å². The molecule has 2 aliphatic heterocycles. The minimum absolute atomic E-state index is 0.0209. The number of halogens is 2. The van der Waals surface area contributed by atoms with Gasteiger partial charge in [-0.2, -0.15) is 8.78 Å². The van der Waals surface area contributed by atoms with Crippen LogP contribution in [0.3, 0.4) is 0 Å². The van der Waals surface area contributed by atoms with Crippen LogP contribution in [0.4, 0.5) is 8.78 Å². The predicted molar refractivity (Wildman–Crippen MR) is 140 cm³/mol. The van der Waals surface area contributed by atoms with Crippen LogP contribution in [-0.4, -0.2) is 46.8 Å². The van der Waals surface area contributed by atoms with Gasteiger partial charge in [0, 0.05) is 29.4 Å².